The van der Waals surface area contributed by atoms with Crippen LogP contribution < -0.4 is 10.2 Å². The van der Waals surface area contributed by atoms with Crippen molar-refractivity contribution in [1.29, 1.82) is 5.26 Å². The Morgan fingerprint density at radius 2 is 1.73 bits per heavy atom. The molecule has 6 heteroatoms. The van der Waals surface area contributed by atoms with Crippen LogP contribution in [0.4, 0.5) is 11.4 Å². The summed E-state index contributed by atoms with van der Waals surface area (Å²) in [5, 5.41) is 16.9. The summed E-state index contributed by atoms with van der Waals surface area (Å²) in [4.78, 5) is 6.41. The Hall–Kier alpha value is -3.33. The molecule has 0 aliphatic carbocycles. The van der Waals surface area contributed by atoms with Gasteiger partial charge >= 0.3 is 0 Å². The first-order valence-corrected chi connectivity index (χ1v) is 8.78. The van der Waals surface area contributed by atoms with Crippen molar-refractivity contribution in [3.05, 3.63) is 66.7 Å². The summed E-state index contributed by atoms with van der Waals surface area (Å²) in [5.41, 5.74) is 3.94. The molecule has 130 valence electrons. The minimum atomic E-state index is 0.444. The van der Waals surface area contributed by atoms with Crippen molar-refractivity contribution >= 4 is 11.4 Å². The Bertz CT molecular complexity index is 886. The zero-order chi connectivity index (χ0) is 17.8. The lowest BCUT2D eigenvalue weighted by molar-refractivity contribution is 0.527. The number of hydrogen-bond acceptors (Lipinski definition) is 5. The van der Waals surface area contributed by atoms with E-state index in [9.17, 15) is 0 Å². The first-order chi connectivity index (χ1) is 12.8. The van der Waals surface area contributed by atoms with Crippen molar-refractivity contribution in [3.8, 4) is 11.8 Å². The number of pyridine rings is 1. The Kier molecular flexibility index (Phi) is 4.52. The Labute approximate surface area is 152 Å². The van der Waals surface area contributed by atoms with Crippen LogP contribution in [0.5, 0.6) is 0 Å². The molecule has 3 aromatic rings. The smallest absolute Gasteiger partial charge is 0.0991 e. The van der Waals surface area contributed by atoms with E-state index >= 15 is 0 Å². The zero-order valence-corrected chi connectivity index (χ0v) is 14.4. The second-order valence-electron chi connectivity index (χ2n) is 6.44. The lowest BCUT2D eigenvalue weighted by Gasteiger charge is -2.34. The quantitative estimate of drug-likeness (QED) is 0.787. The van der Waals surface area contributed by atoms with Gasteiger partial charge in [0.05, 0.1) is 35.4 Å². The van der Waals surface area contributed by atoms with Gasteiger partial charge in [-0.2, -0.15) is 10.4 Å². The van der Waals surface area contributed by atoms with E-state index in [2.05, 4.69) is 26.4 Å². The third-order valence-corrected chi connectivity index (χ3v) is 4.74. The van der Waals surface area contributed by atoms with E-state index in [-0.39, 0.29) is 0 Å². The average molecular weight is 344 g/mol. The third-order valence-electron chi connectivity index (χ3n) is 4.74. The second kappa shape index (κ2) is 7.28. The van der Waals surface area contributed by atoms with Crippen LogP contribution in [0.3, 0.4) is 0 Å². The van der Waals surface area contributed by atoms with Gasteiger partial charge in [0.1, 0.15) is 0 Å². The topological polar surface area (TPSA) is 69.8 Å². The molecule has 0 bridgehead atoms. The number of rotatable bonds is 4. The molecular weight excluding hydrogens is 324 g/mol. The predicted octanol–water partition coefficient (Wildman–Crippen LogP) is 3.22. The number of piperidine rings is 1. The Morgan fingerprint density at radius 3 is 2.42 bits per heavy atom. The summed E-state index contributed by atoms with van der Waals surface area (Å²) in [5.74, 6) is 0. The highest BCUT2D eigenvalue weighted by Crippen LogP contribution is 2.22. The summed E-state index contributed by atoms with van der Waals surface area (Å²) in [6, 6.07) is 14.3. The Morgan fingerprint density at radius 1 is 1.00 bits per heavy atom. The van der Waals surface area contributed by atoms with Crippen molar-refractivity contribution in [2.45, 2.75) is 18.9 Å². The summed E-state index contributed by atoms with van der Waals surface area (Å²) in [6.45, 7) is 2.00. The van der Waals surface area contributed by atoms with Gasteiger partial charge in [0.15, 0.2) is 0 Å². The van der Waals surface area contributed by atoms with Gasteiger partial charge in [-0.15, -0.1) is 0 Å². The molecule has 0 unspecified atom stereocenters. The average Bonchev–Trinajstić information content (AvgIpc) is 3.18. The first kappa shape index (κ1) is 16.2. The molecule has 6 nitrogen and oxygen atoms in total. The monoisotopic (exact) mass is 344 g/mol. The van der Waals surface area contributed by atoms with Gasteiger partial charge in [0.25, 0.3) is 0 Å². The highest BCUT2D eigenvalue weighted by atomic mass is 15.3. The molecule has 1 aliphatic rings. The summed E-state index contributed by atoms with van der Waals surface area (Å²) < 4.78 is 1.86. The molecule has 1 aromatic carbocycles. The van der Waals surface area contributed by atoms with E-state index in [1.54, 1.807) is 12.4 Å². The Balaban J connectivity index is 1.34. The molecule has 3 heterocycles. The normalized spacial score (nSPS) is 14.8. The van der Waals surface area contributed by atoms with E-state index in [4.69, 9.17) is 5.26 Å². The maximum Gasteiger partial charge on any atom is 0.0991 e. The maximum absolute atomic E-state index is 8.91. The summed E-state index contributed by atoms with van der Waals surface area (Å²) in [7, 11) is 0. The van der Waals surface area contributed by atoms with Gasteiger partial charge in [-0.3, -0.25) is 4.98 Å². The molecule has 26 heavy (non-hydrogen) atoms. The SMILES string of the molecule is N#Cc1ccc(N2CCC(Nc3cnn(-c4ccncc4)c3)CC2)cc1. The number of nitriles is 1. The molecule has 1 fully saturated rings. The molecule has 2 aromatic heterocycles. The molecule has 0 saturated carbocycles. The maximum atomic E-state index is 8.91. The van der Waals surface area contributed by atoms with Crippen LogP contribution in [0.25, 0.3) is 5.69 Å². The fraction of sp³-hybridized carbons (Fsp3) is 0.250. The lowest BCUT2D eigenvalue weighted by atomic mass is 10.0. The highest BCUT2D eigenvalue weighted by molar-refractivity contribution is 5.50. The summed E-state index contributed by atoms with van der Waals surface area (Å²) in [6.07, 6.45) is 9.56. The zero-order valence-electron chi connectivity index (χ0n) is 14.4. The molecule has 1 N–H and O–H groups in total. The molecule has 4 rings (SSSR count). The van der Waals surface area contributed by atoms with E-state index < -0.39 is 0 Å². The molecule has 1 saturated heterocycles. The predicted molar refractivity (Wildman–Crippen MR) is 101 cm³/mol. The van der Waals surface area contributed by atoms with Gasteiger partial charge in [-0.25, -0.2) is 4.68 Å². The lowest BCUT2D eigenvalue weighted by Crippen LogP contribution is -2.39. The van der Waals surface area contributed by atoms with E-state index in [1.165, 1.54) is 5.69 Å². The number of anilines is 2. The van der Waals surface area contributed by atoms with Crippen LogP contribution in [-0.2, 0) is 0 Å². The molecule has 0 spiro atoms. The van der Waals surface area contributed by atoms with Gasteiger partial charge in [0, 0.05) is 37.2 Å². The van der Waals surface area contributed by atoms with E-state index in [0.717, 1.165) is 37.3 Å². The first-order valence-electron chi connectivity index (χ1n) is 8.78. The molecule has 0 atom stereocenters. The largest absolute Gasteiger partial charge is 0.380 e. The van der Waals surface area contributed by atoms with Gasteiger partial charge in [-0.1, -0.05) is 0 Å². The van der Waals surface area contributed by atoms with Crippen LogP contribution in [0.1, 0.15) is 18.4 Å². The van der Waals surface area contributed by atoms with Crippen LogP contribution >= 0.6 is 0 Å². The van der Waals surface area contributed by atoms with Crippen molar-refractivity contribution in [2.75, 3.05) is 23.3 Å². The number of benzene rings is 1. The van der Waals surface area contributed by atoms with Gasteiger partial charge in [0.2, 0.25) is 0 Å². The fourth-order valence-corrected chi connectivity index (χ4v) is 3.30. The molecule has 1 aliphatic heterocycles. The second-order valence-corrected chi connectivity index (χ2v) is 6.44. The minimum absolute atomic E-state index is 0.444. The minimum Gasteiger partial charge on any atom is -0.380 e. The van der Waals surface area contributed by atoms with Crippen molar-refractivity contribution in [1.82, 2.24) is 14.8 Å². The van der Waals surface area contributed by atoms with E-state index in [1.807, 2.05) is 53.5 Å². The molecule has 0 amide bonds. The third kappa shape index (κ3) is 3.52. The van der Waals surface area contributed by atoms with Crippen LogP contribution in [0, 0.1) is 11.3 Å². The number of nitrogens with zero attached hydrogens (tertiary/aromatic N) is 5. The fourth-order valence-electron chi connectivity index (χ4n) is 3.30. The van der Waals surface area contributed by atoms with Crippen LogP contribution in [0.2, 0.25) is 0 Å². The van der Waals surface area contributed by atoms with Crippen molar-refractivity contribution in [2.24, 2.45) is 0 Å². The van der Waals surface area contributed by atoms with Gasteiger partial charge < -0.3 is 10.2 Å². The van der Waals surface area contributed by atoms with Crippen molar-refractivity contribution in [3.63, 3.8) is 0 Å². The number of aromatic nitrogens is 3. The number of hydrogen-bond donors (Lipinski definition) is 1. The standard InChI is InChI=1S/C20H20N6/c21-13-16-1-3-19(4-2-16)25-11-7-17(8-12-25)24-18-14-23-26(15-18)20-5-9-22-10-6-20/h1-6,9-10,14-15,17,24H,7-8,11-12H2. The highest BCUT2D eigenvalue weighted by Gasteiger charge is 2.19. The molecular formula is C20H20N6. The number of nitrogens with one attached hydrogen (secondary N) is 1. The van der Waals surface area contributed by atoms with E-state index in [0.29, 0.717) is 11.6 Å². The van der Waals surface area contributed by atoms with Crippen LogP contribution in [-0.4, -0.2) is 33.9 Å². The summed E-state index contributed by atoms with van der Waals surface area (Å²) >= 11 is 0. The van der Waals surface area contributed by atoms with Crippen molar-refractivity contribution < 1.29 is 0 Å². The molecule has 0 radical (unpaired) electrons. The van der Waals surface area contributed by atoms with Crippen LogP contribution in [0.15, 0.2) is 61.2 Å². The van der Waals surface area contributed by atoms with Gasteiger partial charge in [-0.05, 0) is 49.2 Å².